The normalized spacial score (nSPS) is 20.0. The number of halogens is 1. The third-order valence-corrected chi connectivity index (χ3v) is 4.91. The van der Waals surface area contributed by atoms with Crippen LogP contribution in [0.25, 0.3) is 0 Å². The summed E-state index contributed by atoms with van der Waals surface area (Å²) < 4.78 is 0. The Morgan fingerprint density at radius 3 is 2.73 bits per heavy atom. The summed E-state index contributed by atoms with van der Waals surface area (Å²) in [5.74, 6) is -0.714. The number of nitrogens with two attached hydrogens (primary N) is 1. The van der Waals surface area contributed by atoms with Gasteiger partial charge in [0.25, 0.3) is 5.91 Å². The van der Waals surface area contributed by atoms with Gasteiger partial charge in [0.1, 0.15) is 0 Å². The fourth-order valence-electron chi connectivity index (χ4n) is 2.87. The van der Waals surface area contributed by atoms with E-state index >= 15 is 0 Å². The minimum Gasteiger partial charge on any atom is -0.384 e. The molecule has 2 aliphatic rings. The lowest BCUT2D eigenvalue weighted by molar-refractivity contribution is -0.114. The average Bonchev–Trinajstić information content (AvgIpc) is 3.31. The molecule has 1 saturated heterocycles. The highest BCUT2D eigenvalue weighted by Gasteiger charge is 2.40. The second-order valence-electron chi connectivity index (χ2n) is 6.94. The fourth-order valence-corrected chi connectivity index (χ4v) is 3.06. The molecule has 3 rings (SSSR count). The van der Waals surface area contributed by atoms with Crippen LogP contribution in [-0.4, -0.2) is 47.7 Å². The van der Waals surface area contributed by atoms with E-state index in [4.69, 9.17) is 22.7 Å². The molecular weight excluding hydrogens is 354 g/mol. The SMILES string of the molecule is CC1(NC(=O)N2CCN/C(=C(\C(=N)c3cccc(Cl)c3)C(N)=O)C2)CC1. The number of nitrogens with zero attached hydrogens (tertiary/aromatic N) is 1. The standard InChI is InChI=1S/C18H22ClN5O2/c1-18(5-6-18)23-17(26)24-8-7-22-13(10-24)14(16(21)25)15(20)11-3-2-4-12(19)9-11/h2-4,9,20,22H,5-8,10H2,1H3,(H2,21,25)(H,23,26)/b14-13+,20-15?. The van der Waals surface area contributed by atoms with E-state index in [2.05, 4.69) is 10.6 Å². The van der Waals surface area contributed by atoms with E-state index in [0.717, 1.165) is 12.8 Å². The van der Waals surface area contributed by atoms with E-state index in [-0.39, 0.29) is 29.4 Å². The molecule has 8 heteroatoms. The summed E-state index contributed by atoms with van der Waals surface area (Å²) in [7, 11) is 0. The molecule has 1 aliphatic heterocycles. The number of piperazine rings is 1. The van der Waals surface area contributed by atoms with Gasteiger partial charge >= 0.3 is 6.03 Å². The Morgan fingerprint density at radius 1 is 1.38 bits per heavy atom. The summed E-state index contributed by atoms with van der Waals surface area (Å²) >= 11 is 5.99. The van der Waals surface area contributed by atoms with Gasteiger partial charge in [0.15, 0.2) is 0 Å². The Morgan fingerprint density at radius 2 is 2.12 bits per heavy atom. The molecule has 0 unspecified atom stereocenters. The van der Waals surface area contributed by atoms with Gasteiger partial charge in [-0.3, -0.25) is 10.2 Å². The van der Waals surface area contributed by atoms with Crippen LogP contribution in [0.1, 0.15) is 25.3 Å². The van der Waals surface area contributed by atoms with Gasteiger partial charge in [-0.2, -0.15) is 0 Å². The second-order valence-corrected chi connectivity index (χ2v) is 7.38. The average molecular weight is 376 g/mol. The van der Waals surface area contributed by atoms with Crippen LogP contribution < -0.4 is 16.4 Å². The van der Waals surface area contributed by atoms with Gasteiger partial charge in [-0.25, -0.2) is 4.79 Å². The molecule has 1 saturated carbocycles. The highest BCUT2D eigenvalue weighted by Crippen LogP contribution is 2.34. The zero-order chi connectivity index (χ0) is 18.9. The number of rotatable bonds is 4. The predicted octanol–water partition coefficient (Wildman–Crippen LogP) is 1.61. The number of carbonyl (C=O) groups excluding carboxylic acids is 2. The first-order valence-corrected chi connectivity index (χ1v) is 8.86. The molecule has 0 spiro atoms. The number of amides is 3. The minimum absolute atomic E-state index is 0.0149. The van der Waals surface area contributed by atoms with E-state index < -0.39 is 5.91 Å². The molecule has 5 N–H and O–H groups in total. The zero-order valence-corrected chi connectivity index (χ0v) is 15.3. The number of primary amides is 1. The van der Waals surface area contributed by atoms with Crippen LogP contribution in [0, 0.1) is 5.41 Å². The van der Waals surface area contributed by atoms with E-state index in [1.807, 2.05) is 6.92 Å². The van der Waals surface area contributed by atoms with E-state index in [1.165, 1.54) is 0 Å². The summed E-state index contributed by atoms with van der Waals surface area (Å²) in [6.45, 7) is 3.21. The van der Waals surface area contributed by atoms with Crippen LogP contribution >= 0.6 is 11.6 Å². The van der Waals surface area contributed by atoms with Crippen molar-refractivity contribution in [3.63, 3.8) is 0 Å². The monoisotopic (exact) mass is 375 g/mol. The lowest BCUT2D eigenvalue weighted by Crippen LogP contribution is -2.52. The van der Waals surface area contributed by atoms with Gasteiger partial charge < -0.3 is 21.3 Å². The molecule has 138 valence electrons. The maximum Gasteiger partial charge on any atom is 0.318 e. The predicted molar refractivity (Wildman–Crippen MR) is 100 cm³/mol. The Balaban J connectivity index is 1.84. The van der Waals surface area contributed by atoms with Gasteiger partial charge in [0.2, 0.25) is 0 Å². The molecular formula is C18H22ClN5O2. The fraction of sp³-hybridized carbons (Fsp3) is 0.389. The van der Waals surface area contributed by atoms with Crippen LogP contribution in [-0.2, 0) is 4.79 Å². The quantitative estimate of drug-likeness (QED) is 0.474. The lowest BCUT2D eigenvalue weighted by atomic mass is 9.99. The molecule has 1 aliphatic carbocycles. The summed E-state index contributed by atoms with van der Waals surface area (Å²) in [6.07, 6.45) is 1.94. The number of benzene rings is 1. The molecule has 2 fully saturated rings. The molecule has 0 aromatic heterocycles. The summed E-state index contributed by atoms with van der Waals surface area (Å²) in [4.78, 5) is 26.1. The first-order valence-electron chi connectivity index (χ1n) is 8.48. The van der Waals surface area contributed by atoms with Crippen molar-refractivity contribution in [3.05, 3.63) is 46.1 Å². The summed E-state index contributed by atoms with van der Waals surface area (Å²) in [5.41, 5.74) is 6.45. The first-order chi connectivity index (χ1) is 12.3. The van der Waals surface area contributed by atoms with Gasteiger partial charge in [0, 0.05) is 34.9 Å². The van der Waals surface area contributed by atoms with E-state index in [1.54, 1.807) is 29.2 Å². The first kappa shape index (κ1) is 18.3. The molecule has 26 heavy (non-hydrogen) atoms. The maximum absolute atomic E-state index is 12.5. The number of carbonyl (C=O) groups is 2. The van der Waals surface area contributed by atoms with Crippen molar-refractivity contribution in [1.82, 2.24) is 15.5 Å². The summed E-state index contributed by atoms with van der Waals surface area (Å²) in [6, 6.07) is 6.54. The Kier molecular flexibility index (Phi) is 4.91. The van der Waals surface area contributed by atoms with Gasteiger partial charge in [-0.1, -0.05) is 23.7 Å². The van der Waals surface area contributed by atoms with Gasteiger partial charge in [-0.05, 0) is 31.9 Å². The highest BCUT2D eigenvalue weighted by atomic mass is 35.5. The Bertz CT molecular complexity index is 801. The van der Waals surface area contributed by atoms with Crippen LogP contribution in [0.5, 0.6) is 0 Å². The molecule has 0 bridgehead atoms. The Hall–Kier alpha value is -2.54. The highest BCUT2D eigenvalue weighted by molar-refractivity contribution is 6.32. The van der Waals surface area contributed by atoms with Crippen LogP contribution in [0.3, 0.4) is 0 Å². The van der Waals surface area contributed by atoms with Crippen LogP contribution in [0.15, 0.2) is 35.5 Å². The maximum atomic E-state index is 12.5. The van der Waals surface area contributed by atoms with Crippen molar-refractivity contribution in [1.29, 1.82) is 5.41 Å². The number of hydrogen-bond acceptors (Lipinski definition) is 4. The van der Waals surface area contributed by atoms with Gasteiger partial charge in [0.05, 0.1) is 17.8 Å². The number of urea groups is 1. The lowest BCUT2D eigenvalue weighted by Gasteiger charge is -2.32. The van der Waals surface area contributed by atoms with Crippen LogP contribution in [0.2, 0.25) is 5.02 Å². The molecule has 1 aromatic carbocycles. The number of hydrogen-bond donors (Lipinski definition) is 4. The zero-order valence-electron chi connectivity index (χ0n) is 14.6. The summed E-state index contributed by atoms with van der Waals surface area (Å²) in [5, 5.41) is 15.0. The van der Waals surface area contributed by atoms with Crippen molar-refractivity contribution in [2.45, 2.75) is 25.3 Å². The molecule has 1 aromatic rings. The largest absolute Gasteiger partial charge is 0.384 e. The van der Waals surface area contributed by atoms with E-state index in [9.17, 15) is 9.59 Å². The van der Waals surface area contributed by atoms with Crippen molar-refractivity contribution < 1.29 is 9.59 Å². The van der Waals surface area contributed by atoms with Crippen molar-refractivity contribution >= 4 is 29.3 Å². The van der Waals surface area contributed by atoms with Crippen molar-refractivity contribution in [2.75, 3.05) is 19.6 Å². The minimum atomic E-state index is -0.714. The Labute approximate surface area is 157 Å². The third-order valence-electron chi connectivity index (χ3n) is 4.68. The van der Waals surface area contributed by atoms with Crippen molar-refractivity contribution in [3.8, 4) is 0 Å². The molecule has 3 amide bonds. The smallest absolute Gasteiger partial charge is 0.318 e. The van der Waals surface area contributed by atoms with Crippen LogP contribution in [0.4, 0.5) is 4.79 Å². The third kappa shape index (κ3) is 3.99. The van der Waals surface area contributed by atoms with E-state index in [0.29, 0.717) is 29.4 Å². The second kappa shape index (κ2) is 6.99. The van der Waals surface area contributed by atoms with Gasteiger partial charge in [-0.15, -0.1) is 0 Å². The molecule has 1 heterocycles. The molecule has 0 atom stereocenters. The molecule has 7 nitrogen and oxygen atoms in total. The number of nitrogens with one attached hydrogen (secondary N) is 3. The molecule has 0 radical (unpaired) electrons. The topological polar surface area (TPSA) is 111 Å². The van der Waals surface area contributed by atoms with Crippen molar-refractivity contribution in [2.24, 2.45) is 5.73 Å².